The van der Waals surface area contributed by atoms with Crippen LogP contribution in [0.2, 0.25) is 0 Å². The molecule has 0 spiro atoms. The predicted octanol–water partition coefficient (Wildman–Crippen LogP) is 5.24. The Hall–Kier alpha value is -0.860. The van der Waals surface area contributed by atoms with Crippen LogP contribution in [0.15, 0.2) is 11.9 Å². The first-order valence-corrected chi connectivity index (χ1v) is 12.8. The molecule has 0 fully saturated rings. The van der Waals surface area contributed by atoms with Crippen molar-refractivity contribution in [1.29, 1.82) is 0 Å². The van der Waals surface area contributed by atoms with Gasteiger partial charge in [0.25, 0.3) is 0 Å². The number of rotatable bonds is 16. The molecule has 0 aromatic rings. The third-order valence-electron chi connectivity index (χ3n) is 6.75. The van der Waals surface area contributed by atoms with Gasteiger partial charge in [-0.05, 0) is 66.7 Å². The summed E-state index contributed by atoms with van der Waals surface area (Å²) >= 11 is 0. The van der Waals surface area contributed by atoms with Crippen LogP contribution in [-0.2, 0) is 18.9 Å². The molecule has 4 N–H and O–H groups in total. The van der Waals surface area contributed by atoms with Crippen molar-refractivity contribution in [3.63, 3.8) is 0 Å². The Balaban J connectivity index is 4.61. The molecule has 0 radical (unpaired) electrons. The number of nitrogens with two attached hydrogens (primary N) is 2. The maximum atomic E-state index is 6.39. The monoisotopic (exact) mass is 487 g/mol. The fourth-order valence-corrected chi connectivity index (χ4v) is 2.81. The molecule has 0 rings (SSSR count). The van der Waals surface area contributed by atoms with Crippen LogP contribution >= 0.6 is 0 Å². The highest BCUT2D eigenvalue weighted by Gasteiger charge is 2.37. The zero-order chi connectivity index (χ0) is 26.8. The number of hydrogen-bond donors (Lipinski definition) is 2. The minimum absolute atomic E-state index is 0.0419. The third kappa shape index (κ3) is 13.3. The van der Waals surface area contributed by atoms with Crippen LogP contribution in [0.5, 0.6) is 0 Å². The van der Waals surface area contributed by atoms with Crippen LogP contribution < -0.4 is 11.6 Å². The zero-order valence-corrected chi connectivity index (χ0v) is 24.5. The molecule has 0 aliphatic heterocycles. The van der Waals surface area contributed by atoms with Crippen molar-refractivity contribution in [2.24, 2.45) is 22.4 Å². The van der Waals surface area contributed by atoms with E-state index in [1.807, 2.05) is 34.6 Å². The summed E-state index contributed by atoms with van der Waals surface area (Å²) in [5.74, 6) is 6.08. The van der Waals surface area contributed by atoms with Gasteiger partial charge in [0.05, 0.1) is 62.1 Å². The molecule has 0 aliphatic rings. The largest absolute Gasteiger partial charge is 0.399 e. The molecule has 7 heteroatoms. The van der Waals surface area contributed by atoms with Gasteiger partial charge < -0.3 is 29.7 Å². The maximum Gasteiger partial charge on any atom is 0.0875 e. The van der Waals surface area contributed by atoms with E-state index in [-0.39, 0.29) is 27.6 Å². The lowest BCUT2D eigenvalue weighted by Crippen LogP contribution is -2.43. The molecule has 0 saturated heterocycles. The quantitative estimate of drug-likeness (QED) is 0.227. The van der Waals surface area contributed by atoms with Gasteiger partial charge in [-0.3, -0.25) is 0 Å². The topological polar surface area (TPSA) is 92.2 Å². The summed E-state index contributed by atoms with van der Waals surface area (Å²) < 4.78 is 24.2. The fourth-order valence-electron chi connectivity index (χ4n) is 2.81. The lowest BCUT2D eigenvalue weighted by Gasteiger charge is -2.42. The Bertz CT molecular complexity index is 600. The van der Waals surface area contributed by atoms with Crippen molar-refractivity contribution in [3.05, 3.63) is 11.9 Å². The highest BCUT2D eigenvalue weighted by atomic mass is 16.6. The Morgan fingerprint density at radius 3 is 1.82 bits per heavy atom. The molecule has 7 nitrogen and oxygen atoms in total. The number of ether oxygens (including phenoxy) is 4. The zero-order valence-electron chi connectivity index (χ0n) is 24.5. The van der Waals surface area contributed by atoms with E-state index in [0.29, 0.717) is 45.3 Å². The van der Waals surface area contributed by atoms with Crippen LogP contribution in [0.25, 0.3) is 0 Å². The molecule has 0 aliphatic carbocycles. The lowest BCUT2D eigenvalue weighted by molar-refractivity contribution is -0.133. The molecule has 34 heavy (non-hydrogen) atoms. The summed E-state index contributed by atoms with van der Waals surface area (Å²) in [6.07, 6.45) is 3.66. The summed E-state index contributed by atoms with van der Waals surface area (Å²) in [6, 6.07) is 0. The van der Waals surface area contributed by atoms with Gasteiger partial charge in [-0.2, -0.15) is 0 Å². The van der Waals surface area contributed by atoms with Crippen molar-refractivity contribution in [2.75, 3.05) is 39.6 Å². The highest BCUT2D eigenvalue weighted by Crippen LogP contribution is 2.36. The van der Waals surface area contributed by atoms with Crippen LogP contribution in [-0.4, -0.2) is 61.4 Å². The van der Waals surface area contributed by atoms with E-state index in [9.17, 15) is 0 Å². The molecule has 0 saturated carbocycles. The van der Waals surface area contributed by atoms with E-state index in [0.717, 1.165) is 12.8 Å². The molecular weight excluding hydrogens is 430 g/mol. The Morgan fingerprint density at radius 1 is 0.794 bits per heavy atom. The number of hydrogen-bond acceptors (Lipinski definition) is 7. The van der Waals surface area contributed by atoms with Crippen LogP contribution in [0.3, 0.4) is 0 Å². The standard InChI is InChI=1S/C27H57N3O4/c1-13-27(14-2,21-34-26(11,12)23(3,4)5)20-31-18-22(28)17-30(29)15-16-32-25(9,10)19-33-24(6,7)8/h17H,13-16,18-21,28-29H2,1-12H3/b22-17-. The smallest absolute Gasteiger partial charge is 0.0875 e. The van der Waals surface area contributed by atoms with Gasteiger partial charge in [0.1, 0.15) is 0 Å². The van der Waals surface area contributed by atoms with Gasteiger partial charge in [0, 0.05) is 11.6 Å². The molecule has 0 aromatic carbocycles. The Kier molecular flexibility index (Phi) is 13.1. The van der Waals surface area contributed by atoms with Gasteiger partial charge >= 0.3 is 0 Å². The van der Waals surface area contributed by atoms with Crippen molar-refractivity contribution in [1.82, 2.24) is 5.01 Å². The minimum Gasteiger partial charge on any atom is -0.399 e. The van der Waals surface area contributed by atoms with E-state index in [2.05, 4.69) is 48.5 Å². The summed E-state index contributed by atoms with van der Waals surface area (Å²) in [5.41, 5.74) is 5.94. The normalized spacial score (nSPS) is 14.6. The molecule has 0 aromatic heterocycles. The molecule has 204 valence electrons. The average molecular weight is 488 g/mol. The van der Waals surface area contributed by atoms with Crippen molar-refractivity contribution < 1.29 is 18.9 Å². The lowest BCUT2D eigenvalue weighted by atomic mass is 9.78. The molecule has 0 amide bonds. The van der Waals surface area contributed by atoms with Crippen LogP contribution in [0.1, 0.15) is 95.9 Å². The second-order valence-electron chi connectivity index (χ2n) is 12.7. The SMILES string of the molecule is CCC(CC)(COC/C(N)=C/N(N)CCOC(C)(C)COC(C)(C)C)COC(C)(C)C(C)(C)C. The maximum absolute atomic E-state index is 6.39. The summed E-state index contributed by atoms with van der Waals surface area (Å²) in [7, 11) is 0. The van der Waals surface area contributed by atoms with Crippen LogP contribution in [0, 0.1) is 10.8 Å². The first kappa shape index (κ1) is 33.1. The van der Waals surface area contributed by atoms with E-state index < -0.39 is 0 Å². The van der Waals surface area contributed by atoms with E-state index in [1.54, 1.807) is 11.2 Å². The third-order valence-corrected chi connectivity index (χ3v) is 6.75. The van der Waals surface area contributed by atoms with Crippen molar-refractivity contribution in [2.45, 2.75) is 113 Å². The minimum atomic E-state index is -0.389. The van der Waals surface area contributed by atoms with E-state index in [1.165, 1.54) is 0 Å². The second kappa shape index (κ2) is 13.4. The number of hydrazine groups is 1. The van der Waals surface area contributed by atoms with Crippen molar-refractivity contribution in [3.8, 4) is 0 Å². The van der Waals surface area contributed by atoms with E-state index in [4.69, 9.17) is 30.5 Å². The van der Waals surface area contributed by atoms with Crippen molar-refractivity contribution >= 4 is 0 Å². The fraction of sp³-hybridized carbons (Fsp3) is 0.926. The Morgan fingerprint density at radius 2 is 1.35 bits per heavy atom. The number of nitrogens with zero attached hydrogens (tertiary/aromatic N) is 1. The highest BCUT2D eigenvalue weighted by molar-refractivity contribution is 4.95. The molecule has 0 atom stereocenters. The summed E-state index contributed by atoms with van der Waals surface area (Å²) in [6.45, 7) is 28.5. The van der Waals surface area contributed by atoms with E-state index >= 15 is 0 Å². The van der Waals surface area contributed by atoms with Gasteiger partial charge in [0.2, 0.25) is 0 Å². The summed E-state index contributed by atoms with van der Waals surface area (Å²) in [4.78, 5) is 0. The van der Waals surface area contributed by atoms with Gasteiger partial charge in [0.15, 0.2) is 0 Å². The van der Waals surface area contributed by atoms with Gasteiger partial charge in [-0.25, -0.2) is 5.84 Å². The van der Waals surface area contributed by atoms with Gasteiger partial charge in [-0.1, -0.05) is 34.6 Å². The first-order chi connectivity index (χ1) is 15.3. The molecular formula is C27H57N3O4. The second-order valence-corrected chi connectivity index (χ2v) is 12.7. The van der Waals surface area contributed by atoms with Gasteiger partial charge in [-0.15, -0.1) is 0 Å². The first-order valence-electron chi connectivity index (χ1n) is 12.8. The average Bonchev–Trinajstić information content (AvgIpc) is 2.68. The molecule has 0 unspecified atom stereocenters. The molecule has 0 bridgehead atoms. The predicted molar refractivity (Wildman–Crippen MR) is 142 cm³/mol. The summed E-state index contributed by atoms with van der Waals surface area (Å²) in [5, 5.41) is 1.54. The Labute approximate surface area is 210 Å². The van der Waals surface area contributed by atoms with Crippen LogP contribution in [0.4, 0.5) is 0 Å². The molecule has 0 heterocycles.